The van der Waals surface area contributed by atoms with Crippen LogP contribution in [0.2, 0.25) is 0 Å². The molecule has 0 atom stereocenters. The van der Waals surface area contributed by atoms with E-state index in [9.17, 15) is 14.4 Å². The average Bonchev–Trinajstić information content (AvgIpc) is 2.97. The summed E-state index contributed by atoms with van der Waals surface area (Å²) < 4.78 is 11.9. The van der Waals surface area contributed by atoms with Crippen LogP contribution in [0, 0.1) is 0 Å². The van der Waals surface area contributed by atoms with Crippen molar-refractivity contribution < 1.29 is 23.9 Å². The number of ether oxygens (including phenoxy) is 2. The number of methoxy groups -OCH3 is 1. The first-order valence-electron chi connectivity index (χ1n) is 9.87. The van der Waals surface area contributed by atoms with Gasteiger partial charge in [0.2, 0.25) is 5.91 Å². The third kappa shape index (κ3) is 5.18. The van der Waals surface area contributed by atoms with E-state index in [1.54, 1.807) is 30.2 Å². The maximum Gasteiger partial charge on any atom is 0.294 e. The molecule has 0 aliphatic carbocycles. The first-order valence-corrected chi connectivity index (χ1v) is 11.5. The molecule has 2 aliphatic rings. The lowest BCUT2D eigenvalue weighted by molar-refractivity contribution is -0.136. The van der Waals surface area contributed by atoms with E-state index < -0.39 is 11.1 Å². The second-order valence-electron chi connectivity index (χ2n) is 7.41. The molecule has 0 bridgehead atoms. The number of carbonyl (C=O) groups excluding carboxylic acids is 3. The zero-order valence-electron chi connectivity index (χ0n) is 17.3. The number of likely N-dealkylation sites (tertiary alicyclic amines) is 1. The molecule has 9 heteroatoms. The molecule has 7 nitrogen and oxygen atoms in total. The Morgan fingerprint density at radius 2 is 1.93 bits per heavy atom. The van der Waals surface area contributed by atoms with Crippen LogP contribution in [-0.4, -0.2) is 59.7 Å². The zero-order valence-corrected chi connectivity index (χ0v) is 19.7. The summed E-state index contributed by atoms with van der Waals surface area (Å²) in [6.45, 7) is 4.99. The van der Waals surface area contributed by atoms with Gasteiger partial charge in [-0.15, -0.1) is 0 Å². The number of thioether (sulfide) groups is 1. The first-order chi connectivity index (χ1) is 14.3. The lowest BCUT2D eigenvalue weighted by Crippen LogP contribution is -2.44. The quantitative estimate of drug-likeness (QED) is 0.546. The molecule has 30 heavy (non-hydrogen) atoms. The lowest BCUT2D eigenvalue weighted by atomic mass is 10.1. The molecule has 0 unspecified atom stereocenters. The van der Waals surface area contributed by atoms with Crippen molar-refractivity contribution in [2.45, 2.75) is 39.2 Å². The fraction of sp³-hybridized carbons (Fsp3) is 0.476. The highest BCUT2D eigenvalue weighted by molar-refractivity contribution is 9.10. The van der Waals surface area contributed by atoms with Crippen molar-refractivity contribution in [1.82, 2.24) is 9.80 Å². The Labute approximate surface area is 188 Å². The van der Waals surface area contributed by atoms with E-state index in [4.69, 9.17) is 9.47 Å². The van der Waals surface area contributed by atoms with Crippen LogP contribution < -0.4 is 9.47 Å². The molecule has 162 valence electrons. The summed E-state index contributed by atoms with van der Waals surface area (Å²) in [5.41, 5.74) is 0.683. The van der Waals surface area contributed by atoms with Gasteiger partial charge in [0, 0.05) is 13.1 Å². The van der Waals surface area contributed by atoms with Gasteiger partial charge in [0.1, 0.15) is 6.54 Å². The summed E-state index contributed by atoms with van der Waals surface area (Å²) in [5, 5.41) is -0.428. The number of amides is 3. The molecule has 1 aromatic rings. The smallest absolute Gasteiger partial charge is 0.294 e. The molecule has 0 N–H and O–H groups in total. The molecule has 1 aromatic carbocycles. The number of hydrogen-bond acceptors (Lipinski definition) is 6. The van der Waals surface area contributed by atoms with Gasteiger partial charge in [-0.2, -0.15) is 0 Å². The Hall–Kier alpha value is -2.00. The van der Waals surface area contributed by atoms with E-state index in [0.717, 1.165) is 35.9 Å². The van der Waals surface area contributed by atoms with Crippen LogP contribution in [0.3, 0.4) is 0 Å². The number of halogens is 1. The minimum atomic E-state index is -0.451. The van der Waals surface area contributed by atoms with Crippen molar-refractivity contribution in [3.8, 4) is 11.5 Å². The van der Waals surface area contributed by atoms with Crippen molar-refractivity contribution in [3.05, 3.63) is 27.1 Å². The topological polar surface area (TPSA) is 76.2 Å². The summed E-state index contributed by atoms with van der Waals surface area (Å²) >= 11 is 4.32. The Kier molecular flexibility index (Phi) is 7.46. The van der Waals surface area contributed by atoms with E-state index in [1.807, 2.05) is 13.8 Å². The molecule has 0 aromatic heterocycles. The molecule has 2 fully saturated rings. The van der Waals surface area contributed by atoms with Gasteiger partial charge >= 0.3 is 0 Å². The second-order valence-corrected chi connectivity index (χ2v) is 9.26. The number of imide groups is 1. The van der Waals surface area contributed by atoms with Crippen LogP contribution in [0.5, 0.6) is 11.5 Å². The fourth-order valence-electron chi connectivity index (χ4n) is 3.34. The number of rotatable bonds is 6. The zero-order chi connectivity index (χ0) is 21.8. The van der Waals surface area contributed by atoms with Crippen LogP contribution in [-0.2, 0) is 9.59 Å². The van der Waals surface area contributed by atoms with E-state index >= 15 is 0 Å². The summed E-state index contributed by atoms with van der Waals surface area (Å²) in [4.78, 5) is 40.6. The van der Waals surface area contributed by atoms with Gasteiger partial charge in [-0.25, -0.2) is 0 Å². The molecule has 0 spiro atoms. The van der Waals surface area contributed by atoms with Crippen molar-refractivity contribution in [3.63, 3.8) is 0 Å². The molecule has 3 amide bonds. The molecular formula is C21H25BrN2O5S. The Morgan fingerprint density at radius 3 is 2.57 bits per heavy atom. The van der Waals surface area contributed by atoms with Crippen LogP contribution >= 0.6 is 27.7 Å². The van der Waals surface area contributed by atoms with Crippen molar-refractivity contribution >= 4 is 50.8 Å². The first kappa shape index (κ1) is 22.7. The van der Waals surface area contributed by atoms with Crippen LogP contribution in [0.4, 0.5) is 4.79 Å². The van der Waals surface area contributed by atoms with Gasteiger partial charge in [-0.3, -0.25) is 19.3 Å². The van der Waals surface area contributed by atoms with Crippen LogP contribution in [0.1, 0.15) is 38.7 Å². The van der Waals surface area contributed by atoms with Crippen LogP contribution in [0.25, 0.3) is 6.08 Å². The maximum absolute atomic E-state index is 12.8. The highest BCUT2D eigenvalue weighted by Crippen LogP contribution is 2.39. The van der Waals surface area contributed by atoms with Gasteiger partial charge in [-0.05, 0) is 84.6 Å². The van der Waals surface area contributed by atoms with Crippen LogP contribution in [0.15, 0.2) is 21.5 Å². The molecule has 0 saturated carbocycles. The molecule has 2 saturated heterocycles. The number of carbonyl (C=O) groups is 3. The highest BCUT2D eigenvalue weighted by Gasteiger charge is 2.37. The molecule has 3 rings (SSSR count). The van der Waals surface area contributed by atoms with Gasteiger partial charge in [-0.1, -0.05) is 0 Å². The third-order valence-electron chi connectivity index (χ3n) is 4.78. The summed E-state index contributed by atoms with van der Waals surface area (Å²) in [5.74, 6) is 0.458. The summed E-state index contributed by atoms with van der Waals surface area (Å²) in [6.07, 6.45) is 4.62. The monoisotopic (exact) mass is 496 g/mol. The normalized spacial score (nSPS) is 18.5. The number of nitrogens with zero attached hydrogens (tertiary/aromatic N) is 2. The summed E-state index contributed by atoms with van der Waals surface area (Å²) in [6, 6.07) is 3.54. The van der Waals surface area contributed by atoms with Gasteiger partial charge in [0.05, 0.1) is 22.6 Å². The SMILES string of the molecule is COc1cc(/C=C2\SC(=O)N(CC(=O)N3CCCCC3)C2=O)cc(Br)c1OC(C)C. The third-order valence-corrected chi connectivity index (χ3v) is 6.28. The standard InChI is InChI=1S/C21H25BrN2O5S/c1-13(2)29-19-15(22)9-14(10-16(19)28-3)11-17-20(26)24(21(27)30-17)12-18(25)23-7-5-4-6-8-23/h9-11,13H,4-8,12H2,1-3H3/b17-11-. The Balaban J connectivity index is 1.78. The molecular weight excluding hydrogens is 472 g/mol. The summed E-state index contributed by atoms with van der Waals surface area (Å²) in [7, 11) is 1.54. The molecule has 0 radical (unpaired) electrons. The molecule has 2 aliphatic heterocycles. The van der Waals surface area contributed by atoms with E-state index in [0.29, 0.717) is 34.6 Å². The predicted molar refractivity (Wildman–Crippen MR) is 120 cm³/mol. The Morgan fingerprint density at radius 1 is 1.23 bits per heavy atom. The second kappa shape index (κ2) is 9.87. The average molecular weight is 497 g/mol. The highest BCUT2D eigenvalue weighted by atomic mass is 79.9. The maximum atomic E-state index is 12.8. The number of hydrogen-bond donors (Lipinski definition) is 0. The largest absolute Gasteiger partial charge is 0.493 e. The lowest BCUT2D eigenvalue weighted by Gasteiger charge is -2.27. The van der Waals surface area contributed by atoms with Crippen molar-refractivity contribution in [2.24, 2.45) is 0 Å². The van der Waals surface area contributed by atoms with Crippen molar-refractivity contribution in [2.75, 3.05) is 26.7 Å². The van der Waals surface area contributed by atoms with E-state index in [2.05, 4.69) is 15.9 Å². The van der Waals surface area contributed by atoms with Gasteiger partial charge < -0.3 is 14.4 Å². The van der Waals surface area contributed by atoms with Gasteiger partial charge in [0.15, 0.2) is 11.5 Å². The number of benzene rings is 1. The van der Waals surface area contributed by atoms with Gasteiger partial charge in [0.25, 0.3) is 11.1 Å². The number of piperidine rings is 1. The fourth-order valence-corrected chi connectivity index (χ4v) is 4.73. The van der Waals surface area contributed by atoms with E-state index in [1.165, 1.54) is 0 Å². The minimum absolute atomic E-state index is 0.0324. The Bertz CT molecular complexity index is 880. The van der Waals surface area contributed by atoms with Crippen molar-refractivity contribution in [1.29, 1.82) is 0 Å². The molecule has 2 heterocycles. The predicted octanol–water partition coefficient (Wildman–Crippen LogP) is 4.29. The minimum Gasteiger partial charge on any atom is -0.493 e. The van der Waals surface area contributed by atoms with E-state index in [-0.39, 0.29) is 23.5 Å².